The first-order valence-corrected chi connectivity index (χ1v) is 17.4. The smallest absolute Gasteiger partial charge is 0.187 e. The number of hydrogen-bond donors (Lipinski definition) is 0. The van der Waals surface area contributed by atoms with Gasteiger partial charge in [-0.3, -0.25) is 0 Å². The van der Waals surface area contributed by atoms with Crippen molar-refractivity contribution >= 4 is 5.69 Å². The van der Waals surface area contributed by atoms with Gasteiger partial charge in [-0.15, -0.1) is 0 Å². The first kappa shape index (κ1) is 29.9. The van der Waals surface area contributed by atoms with Crippen molar-refractivity contribution in [1.29, 1.82) is 0 Å². The highest BCUT2D eigenvalue weighted by Crippen LogP contribution is 2.57. The Bertz CT molecular complexity index is 2400. The van der Waals surface area contributed by atoms with E-state index >= 15 is 0 Å². The molecule has 0 unspecified atom stereocenters. The maximum atomic E-state index is 7.68. The van der Waals surface area contributed by atoms with Crippen LogP contribution in [0.5, 0.6) is 0 Å². The second kappa shape index (κ2) is 12.4. The minimum atomic E-state index is -0.0268. The van der Waals surface area contributed by atoms with Gasteiger partial charge in [0.2, 0.25) is 0 Å². The molecule has 0 atom stereocenters. The lowest BCUT2D eigenvalue weighted by Gasteiger charge is -2.36. The number of benzene rings is 6. The standard InChI is InChI=1S/C46H34N4/c1-47-38-23-25-40-39-24-22-36(29-41(39)46(42(40)30-38)26-9-4-10-27-46)35-16-11-17-37(28-35)45-49-43(33-14-7-3-8-15-33)48-44(50-45)34-20-18-32(19-21-34)31-12-5-2-6-13-31/h2-3,5-8,11-25,28-30H,4,9-10,26-27H2. The molecule has 1 spiro atoms. The Hall–Kier alpha value is -6.18. The molecule has 6 aromatic carbocycles. The van der Waals surface area contributed by atoms with Gasteiger partial charge in [0.05, 0.1) is 6.57 Å². The van der Waals surface area contributed by atoms with Crippen molar-refractivity contribution in [2.45, 2.75) is 37.5 Å². The fourth-order valence-corrected chi connectivity index (χ4v) is 8.06. The molecule has 9 rings (SSSR count). The second-order valence-corrected chi connectivity index (χ2v) is 13.4. The molecule has 1 fully saturated rings. The molecule has 7 aromatic rings. The van der Waals surface area contributed by atoms with Crippen LogP contribution in [0.25, 0.3) is 72.4 Å². The first-order valence-electron chi connectivity index (χ1n) is 17.4. The molecule has 0 radical (unpaired) electrons. The van der Waals surface area contributed by atoms with Crippen molar-refractivity contribution in [1.82, 2.24) is 15.0 Å². The summed E-state index contributed by atoms with van der Waals surface area (Å²) in [5, 5.41) is 0. The third-order valence-electron chi connectivity index (χ3n) is 10.6. The largest absolute Gasteiger partial charge is 0.238 e. The number of fused-ring (bicyclic) bond motifs is 5. The van der Waals surface area contributed by atoms with E-state index in [1.165, 1.54) is 52.6 Å². The fourth-order valence-electron chi connectivity index (χ4n) is 8.06. The van der Waals surface area contributed by atoms with Gasteiger partial charge in [-0.2, -0.15) is 0 Å². The van der Waals surface area contributed by atoms with E-state index < -0.39 is 0 Å². The zero-order valence-electron chi connectivity index (χ0n) is 27.7. The summed E-state index contributed by atoms with van der Waals surface area (Å²) in [5.41, 5.74) is 13.5. The molecule has 0 saturated heterocycles. The Labute approximate surface area is 293 Å². The second-order valence-electron chi connectivity index (χ2n) is 13.4. The maximum absolute atomic E-state index is 7.68. The molecule has 2 aliphatic carbocycles. The maximum Gasteiger partial charge on any atom is 0.187 e. The molecule has 1 saturated carbocycles. The topological polar surface area (TPSA) is 43.0 Å². The molecular weight excluding hydrogens is 609 g/mol. The number of hydrogen-bond acceptors (Lipinski definition) is 3. The van der Waals surface area contributed by atoms with Gasteiger partial charge in [-0.25, -0.2) is 19.8 Å². The van der Waals surface area contributed by atoms with Crippen LogP contribution in [-0.4, -0.2) is 15.0 Å². The normalized spacial score (nSPS) is 14.1. The number of nitrogens with zero attached hydrogens (tertiary/aromatic N) is 4. The van der Waals surface area contributed by atoms with Crippen LogP contribution in [-0.2, 0) is 5.41 Å². The van der Waals surface area contributed by atoms with Crippen molar-refractivity contribution in [2.75, 3.05) is 0 Å². The molecule has 238 valence electrons. The Morgan fingerprint density at radius 3 is 1.58 bits per heavy atom. The Balaban J connectivity index is 1.13. The quantitative estimate of drug-likeness (QED) is 0.175. The Kier molecular flexibility index (Phi) is 7.40. The summed E-state index contributed by atoms with van der Waals surface area (Å²) >= 11 is 0. The molecule has 0 N–H and O–H groups in total. The van der Waals surface area contributed by atoms with Gasteiger partial charge >= 0.3 is 0 Å². The van der Waals surface area contributed by atoms with Gasteiger partial charge in [0.15, 0.2) is 23.2 Å². The lowest BCUT2D eigenvalue weighted by atomic mass is 9.67. The monoisotopic (exact) mass is 642 g/mol. The van der Waals surface area contributed by atoms with Crippen LogP contribution in [0.3, 0.4) is 0 Å². The number of aromatic nitrogens is 3. The molecule has 4 heteroatoms. The van der Waals surface area contributed by atoms with Crippen LogP contribution in [0, 0.1) is 6.57 Å². The summed E-state index contributed by atoms with van der Waals surface area (Å²) in [6.45, 7) is 7.68. The van der Waals surface area contributed by atoms with E-state index in [4.69, 9.17) is 21.5 Å². The van der Waals surface area contributed by atoms with Gasteiger partial charge in [0.25, 0.3) is 0 Å². The third-order valence-corrected chi connectivity index (χ3v) is 10.6. The van der Waals surface area contributed by atoms with Crippen molar-refractivity contribution in [3.05, 3.63) is 168 Å². The minimum absolute atomic E-state index is 0.0268. The van der Waals surface area contributed by atoms with Crippen LogP contribution >= 0.6 is 0 Å². The van der Waals surface area contributed by atoms with E-state index in [0.717, 1.165) is 46.3 Å². The summed E-state index contributed by atoms with van der Waals surface area (Å²) in [4.78, 5) is 18.8. The summed E-state index contributed by atoms with van der Waals surface area (Å²) in [6.07, 6.45) is 5.94. The lowest BCUT2D eigenvalue weighted by Crippen LogP contribution is -2.28. The highest BCUT2D eigenvalue weighted by molar-refractivity contribution is 5.86. The van der Waals surface area contributed by atoms with Gasteiger partial charge in [-0.1, -0.05) is 153 Å². The third kappa shape index (κ3) is 5.19. The Morgan fingerprint density at radius 2 is 0.900 bits per heavy atom. The summed E-state index contributed by atoms with van der Waals surface area (Å²) < 4.78 is 0. The molecule has 4 nitrogen and oxygen atoms in total. The summed E-state index contributed by atoms with van der Waals surface area (Å²) in [7, 11) is 0. The average molecular weight is 643 g/mol. The van der Waals surface area contributed by atoms with E-state index in [0.29, 0.717) is 17.5 Å². The van der Waals surface area contributed by atoms with E-state index in [-0.39, 0.29) is 5.41 Å². The van der Waals surface area contributed by atoms with Gasteiger partial charge in [0.1, 0.15) is 0 Å². The molecular formula is C46H34N4. The number of rotatable bonds is 5. The average Bonchev–Trinajstić information content (AvgIpc) is 3.45. The van der Waals surface area contributed by atoms with Crippen molar-refractivity contribution in [2.24, 2.45) is 0 Å². The van der Waals surface area contributed by atoms with Crippen LogP contribution in [0.4, 0.5) is 5.69 Å². The van der Waals surface area contributed by atoms with Crippen molar-refractivity contribution < 1.29 is 0 Å². The zero-order valence-corrected chi connectivity index (χ0v) is 27.7. The van der Waals surface area contributed by atoms with Crippen LogP contribution in [0.15, 0.2) is 146 Å². The van der Waals surface area contributed by atoms with Crippen LogP contribution in [0.2, 0.25) is 0 Å². The molecule has 1 aromatic heterocycles. The first-order chi connectivity index (χ1) is 24.7. The van der Waals surface area contributed by atoms with Gasteiger partial charge in [-0.05, 0) is 69.5 Å². The van der Waals surface area contributed by atoms with Crippen molar-refractivity contribution in [3.8, 4) is 67.5 Å². The molecule has 0 amide bonds. The van der Waals surface area contributed by atoms with E-state index in [9.17, 15) is 0 Å². The van der Waals surface area contributed by atoms with Gasteiger partial charge in [0, 0.05) is 22.1 Å². The zero-order chi connectivity index (χ0) is 33.5. The molecule has 0 aliphatic heterocycles. The van der Waals surface area contributed by atoms with Crippen molar-refractivity contribution in [3.63, 3.8) is 0 Å². The van der Waals surface area contributed by atoms with Crippen LogP contribution in [0.1, 0.15) is 43.2 Å². The highest BCUT2D eigenvalue weighted by Gasteiger charge is 2.43. The molecule has 50 heavy (non-hydrogen) atoms. The molecule has 2 aliphatic rings. The van der Waals surface area contributed by atoms with E-state index in [1.807, 2.05) is 42.5 Å². The summed E-state index contributed by atoms with van der Waals surface area (Å²) in [5.74, 6) is 1.94. The summed E-state index contributed by atoms with van der Waals surface area (Å²) in [6, 6.07) is 50.8. The SMILES string of the molecule is [C-]#[N+]c1ccc2c(c1)C1(CCCCC1)c1cc(-c3cccc(-c4nc(-c5ccccc5)nc(-c5ccc(-c6ccccc6)cc5)n4)c3)ccc1-2. The predicted octanol–water partition coefficient (Wildman–Crippen LogP) is 12.0. The van der Waals surface area contributed by atoms with Gasteiger partial charge < -0.3 is 0 Å². The Morgan fingerprint density at radius 1 is 0.420 bits per heavy atom. The van der Waals surface area contributed by atoms with E-state index in [1.54, 1.807) is 0 Å². The molecule has 1 heterocycles. The fraction of sp³-hybridized carbons (Fsp3) is 0.130. The lowest BCUT2D eigenvalue weighted by molar-refractivity contribution is 0.353. The highest BCUT2D eigenvalue weighted by atomic mass is 15.0. The minimum Gasteiger partial charge on any atom is -0.238 e. The molecule has 0 bridgehead atoms. The van der Waals surface area contributed by atoms with Crippen LogP contribution < -0.4 is 0 Å². The predicted molar refractivity (Wildman–Crippen MR) is 203 cm³/mol. The van der Waals surface area contributed by atoms with E-state index in [2.05, 4.69) is 108 Å².